The van der Waals surface area contributed by atoms with E-state index in [0.29, 0.717) is 24.2 Å². The highest BCUT2D eigenvalue weighted by atomic mass is 16.5. The van der Waals surface area contributed by atoms with Crippen LogP contribution in [0.5, 0.6) is 0 Å². The third-order valence-electron chi connectivity index (χ3n) is 4.39. The standard InChI is InChI=1S/C14H28N2O2/c1-12(2)18-11-14-5-3-8-16(14)13(4-6-14)10-15-7-9-17/h12-13,15,17H,3-11H2,1-2H3/t13-,14?/m1/s1. The van der Waals surface area contributed by atoms with Gasteiger partial charge in [0.05, 0.1) is 19.3 Å². The minimum atomic E-state index is 0.230. The average Bonchev–Trinajstić information content (AvgIpc) is 2.87. The van der Waals surface area contributed by atoms with Crippen LogP contribution in [-0.2, 0) is 4.74 Å². The van der Waals surface area contributed by atoms with Gasteiger partial charge in [-0.05, 0) is 46.1 Å². The van der Waals surface area contributed by atoms with E-state index < -0.39 is 0 Å². The fraction of sp³-hybridized carbons (Fsp3) is 1.00. The molecule has 1 unspecified atom stereocenters. The highest BCUT2D eigenvalue weighted by Gasteiger charge is 2.48. The van der Waals surface area contributed by atoms with Crippen LogP contribution in [0.15, 0.2) is 0 Å². The predicted molar refractivity (Wildman–Crippen MR) is 72.7 cm³/mol. The van der Waals surface area contributed by atoms with Crippen molar-refractivity contribution in [3.63, 3.8) is 0 Å². The summed E-state index contributed by atoms with van der Waals surface area (Å²) >= 11 is 0. The maximum atomic E-state index is 8.83. The van der Waals surface area contributed by atoms with Gasteiger partial charge in [-0.3, -0.25) is 4.90 Å². The van der Waals surface area contributed by atoms with Gasteiger partial charge in [0.25, 0.3) is 0 Å². The van der Waals surface area contributed by atoms with E-state index in [9.17, 15) is 0 Å². The lowest BCUT2D eigenvalue weighted by Crippen LogP contribution is -2.49. The topological polar surface area (TPSA) is 44.7 Å². The van der Waals surface area contributed by atoms with E-state index in [4.69, 9.17) is 9.84 Å². The first-order chi connectivity index (χ1) is 8.68. The fourth-order valence-electron chi connectivity index (χ4n) is 3.50. The molecule has 18 heavy (non-hydrogen) atoms. The molecule has 0 radical (unpaired) electrons. The summed E-state index contributed by atoms with van der Waals surface area (Å²) in [6.07, 6.45) is 5.45. The molecule has 0 spiro atoms. The predicted octanol–water partition coefficient (Wildman–Crippen LogP) is 0.990. The summed E-state index contributed by atoms with van der Waals surface area (Å²) in [7, 11) is 0. The molecular formula is C14H28N2O2. The first-order valence-corrected chi connectivity index (χ1v) is 7.38. The van der Waals surface area contributed by atoms with Gasteiger partial charge in [0.1, 0.15) is 0 Å². The first-order valence-electron chi connectivity index (χ1n) is 7.38. The number of nitrogens with one attached hydrogen (secondary N) is 1. The number of ether oxygens (including phenoxy) is 1. The van der Waals surface area contributed by atoms with Gasteiger partial charge in [0.15, 0.2) is 0 Å². The zero-order valence-electron chi connectivity index (χ0n) is 11.8. The van der Waals surface area contributed by atoms with Crippen molar-refractivity contribution >= 4 is 0 Å². The summed E-state index contributed by atoms with van der Waals surface area (Å²) in [5.41, 5.74) is 0.315. The molecule has 2 heterocycles. The maximum Gasteiger partial charge on any atom is 0.0654 e. The van der Waals surface area contributed by atoms with Gasteiger partial charge in [-0.2, -0.15) is 0 Å². The maximum absolute atomic E-state index is 8.83. The van der Waals surface area contributed by atoms with E-state index in [1.54, 1.807) is 0 Å². The van der Waals surface area contributed by atoms with Gasteiger partial charge in [0.2, 0.25) is 0 Å². The molecule has 2 aliphatic heterocycles. The average molecular weight is 256 g/mol. The molecule has 4 nitrogen and oxygen atoms in total. The Morgan fingerprint density at radius 3 is 3.00 bits per heavy atom. The summed E-state index contributed by atoms with van der Waals surface area (Å²) in [5, 5.41) is 12.2. The zero-order chi connectivity index (χ0) is 13.0. The molecule has 2 saturated heterocycles. The normalized spacial score (nSPS) is 32.3. The minimum Gasteiger partial charge on any atom is -0.395 e. The first kappa shape index (κ1) is 14.3. The smallest absolute Gasteiger partial charge is 0.0654 e. The van der Waals surface area contributed by atoms with Crippen molar-refractivity contribution in [1.29, 1.82) is 0 Å². The highest BCUT2D eigenvalue weighted by molar-refractivity contribution is 5.05. The Labute approximate surface area is 111 Å². The van der Waals surface area contributed by atoms with Crippen LogP contribution in [0.2, 0.25) is 0 Å². The minimum absolute atomic E-state index is 0.230. The molecule has 0 bridgehead atoms. The summed E-state index contributed by atoms with van der Waals surface area (Å²) in [4.78, 5) is 2.67. The number of hydrogen-bond donors (Lipinski definition) is 2. The van der Waals surface area contributed by atoms with Gasteiger partial charge < -0.3 is 15.2 Å². The second-order valence-corrected chi connectivity index (χ2v) is 6.00. The Balaban J connectivity index is 1.87. The largest absolute Gasteiger partial charge is 0.395 e. The van der Waals surface area contributed by atoms with E-state index in [-0.39, 0.29) is 6.61 Å². The molecular weight excluding hydrogens is 228 g/mol. The lowest BCUT2D eigenvalue weighted by Gasteiger charge is -2.35. The van der Waals surface area contributed by atoms with Gasteiger partial charge in [-0.1, -0.05) is 0 Å². The van der Waals surface area contributed by atoms with Crippen molar-refractivity contribution in [1.82, 2.24) is 10.2 Å². The van der Waals surface area contributed by atoms with Crippen LogP contribution < -0.4 is 5.32 Å². The van der Waals surface area contributed by atoms with Crippen LogP contribution >= 0.6 is 0 Å². The van der Waals surface area contributed by atoms with Gasteiger partial charge in [0, 0.05) is 24.7 Å². The molecule has 0 saturated carbocycles. The second kappa shape index (κ2) is 6.33. The van der Waals surface area contributed by atoms with Crippen LogP contribution in [0.1, 0.15) is 39.5 Å². The molecule has 2 aliphatic rings. The van der Waals surface area contributed by atoms with E-state index in [2.05, 4.69) is 24.1 Å². The molecule has 0 aromatic carbocycles. The summed E-state index contributed by atoms with van der Waals surface area (Å²) in [6, 6.07) is 0.634. The molecule has 2 fully saturated rings. The second-order valence-electron chi connectivity index (χ2n) is 6.00. The summed E-state index contributed by atoms with van der Waals surface area (Å²) in [6.45, 7) is 8.28. The number of rotatable bonds is 7. The van der Waals surface area contributed by atoms with E-state index in [1.165, 1.54) is 32.2 Å². The van der Waals surface area contributed by atoms with Crippen molar-refractivity contribution in [2.24, 2.45) is 0 Å². The van der Waals surface area contributed by atoms with E-state index >= 15 is 0 Å². The molecule has 0 aromatic heterocycles. The quantitative estimate of drug-likeness (QED) is 0.667. The third kappa shape index (κ3) is 3.05. The van der Waals surface area contributed by atoms with Crippen LogP contribution in [0.4, 0.5) is 0 Å². The monoisotopic (exact) mass is 256 g/mol. The van der Waals surface area contributed by atoms with E-state index in [0.717, 1.165) is 13.2 Å². The molecule has 0 aliphatic carbocycles. The van der Waals surface area contributed by atoms with Crippen LogP contribution in [0.25, 0.3) is 0 Å². The number of fused-ring (bicyclic) bond motifs is 1. The molecule has 0 aromatic rings. The molecule has 2 atom stereocenters. The Morgan fingerprint density at radius 1 is 1.44 bits per heavy atom. The van der Waals surface area contributed by atoms with Gasteiger partial charge in [-0.25, -0.2) is 0 Å². The van der Waals surface area contributed by atoms with Gasteiger partial charge in [-0.15, -0.1) is 0 Å². The number of aliphatic hydroxyl groups excluding tert-OH is 1. The fourth-order valence-corrected chi connectivity index (χ4v) is 3.50. The van der Waals surface area contributed by atoms with Crippen LogP contribution in [-0.4, -0.2) is 60.5 Å². The molecule has 4 heteroatoms. The Bertz CT molecular complexity index is 260. The van der Waals surface area contributed by atoms with E-state index in [1.807, 2.05) is 0 Å². The molecule has 106 valence electrons. The Hall–Kier alpha value is -0.160. The number of nitrogens with zero attached hydrogens (tertiary/aromatic N) is 1. The van der Waals surface area contributed by atoms with Crippen molar-refractivity contribution in [2.75, 3.05) is 32.8 Å². The van der Waals surface area contributed by atoms with Crippen LogP contribution in [0, 0.1) is 0 Å². The number of hydrogen-bond acceptors (Lipinski definition) is 4. The molecule has 2 rings (SSSR count). The lowest BCUT2D eigenvalue weighted by molar-refractivity contribution is -0.00493. The zero-order valence-corrected chi connectivity index (χ0v) is 11.8. The number of aliphatic hydroxyl groups is 1. The summed E-state index contributed by atoms with van der Waals surface area (Å²) < 4.78 is 5.90. The van der Waals surface area contributed by atoms with Crippen molar-refractivity contribution in [2.45, 2.75) is 57.2 Å². The van der Waals surface area contributed by atoms with Crippen molar-refractivity contribution in [3.8, 4) is 0 Å². The van der Waals surface area contributed by atoms with Crippen molar-refractivity contribution in [3.05, 3.63) is 0 Å². The van der Waals surface area contributed by atoms with Gasteiger partial charge >= 0.3 is 0 Å². The molecule has 0 amide bonds. The Kier molecular flexibility index (Phi) is 5.01. The lowest BCUT2D eigenvalue weighted by atomic mass is 9.95. The summed E-state index contributed by atoms with van der Waals surface area (Å²) in [5.74, 6) is 0. The van der Waals surface area contributed by atoms with Crippen LogP contribution in [0.3, 0.4) is 0 Å². The third-order valence-corrected chi connectivity index (χ3v) is 4.39. The molecule has 2 N–H and O–H groups in total. The van der Waals surface area contributed by atoms with Crippen molar-refractivity contribution < 1.29 is 9.84 Å². The Morgan fingerprint density at radius 2 is 2.28 bits per heavy atom. The highest BCUT2D eigenvalue weighted by Crippen LogP contribution is 2.42. The SMILES string of the molecule is CC(C)OCC12CCCN1[C@@H](CNCCO)CC2.